The van der Waals surface area contributed by atoms with Gasteiger partial charge in [0.15, 0.2) is 0 Å². The fourth-order valence-electron chi connectivity index (χ4n) is 9.20. The van der Waals surface area contributed by atoms with Crippen LogP contribution in [0.5, 0.6) is 0 Å². The van der Waals surface area contributed by atoms with E-state index in [9.17, 15) is 0 Å². The average molecular weight is 884 g/mol. The topological polar surface area (TPSA) is 9.72 Å². The fourth-order valence-corrected chi connectivity index (χ4v) is 9.20. The van der Waals surface area contributed by atoms with Gasteiger partial charge in [0.25, 0.3) is 0 Å². The van der Waals surface area contributed by atoms with Crippen LogP contribution >= 0.6 is 0 Å². The van der Waals surface area contributed by atoms with Crippen molar-refractivity contribution in [1.29, 1.82) is 0 Å². The Balaban J connectivity index is 0.895. The van der Waals surface area contributed by atoms with Gasteiger partial charge in [0.1, 0.15) is 0 Å². The van der Waals surface area contributed by atoms with Gasteiger partial charge in [-0.05, 0) is 172 Å². The maximum absolute atomic E-state index is 2.33. The predicted molar refractivity (Wildman–Crippen MR) is 292 cm³/mol. The Hall–Kier alpha value is -9.18. The van der Waals surface area contributed by atoms with Crippen molar-refractivity contribution in [3.63, 3.8) is 0 Å². The monoisotopic (exact) mass is 883 g/mol. The molecule has 0 aliphatic carbocycles. The van der Waals surface area contributed by atoms with Gasteiger partial charge in [0.2, 0.25) is 0 Å². The highest BCUT2D eigenvalue weighted by Gasteiger charge is 2.17. The second-order valence-corrected chi connectivity index (χ2v) is 17.0. The molecule has 0 aliphatic heterocycles. The summed E-state index contributed by atoms with van der Waals surface area (Å²) >= 11 is 0. The summed E-state index contributed by atoms with van der Waals surface area (Å²) in [7, 11) is 0. The van der Waals surface area contributed by atoms with E-state index in [4.69, 9.17) is 0 Å². The number of nitrogens with zero attached hydrogens (tertiary/aromatic N) is 3. The van der Waals surface area contributed by atoms with Gasteiger partial charge < -0.3 is 14.7 Å². The third-order valence-electron chi connectivity index (χ3n) is 12.6. The summed E-state index contributed by atoms with van der Waals surface area (Å²) in [4.78, 5) is 6.92. The lowest BCUT2D eigenvalue weighted by atomic mass is 9.93. The minimum Gasteiger partial charge on any atom is -0.311 e. The van der Waals surface area contributed by atoms with E-state index in [0.29, 0.717) is 0 Å². The lowest BCUT2D eigenvalue weighted by Gasteiger charge is -2.26. The molecule has 0 saturated heterocycles. The first-order chi connectivity index (χ1) is 34.2. The molecule has 11 aromatic carbocycles. The van der Waals surface area contributed by atoms with Gasteiger partial charge in [-0.2, -0.15) is 0 Å². The van der Waals surface area contributed by atoms with Crippen molar-refractivity contribution in [2.75, 3.05) is 14.7 Å². The van der Waals surface area contributed by atoms with Crippen LogP contribution in [0.4, 0.5) is 51.2 Å². The van der Waals surface area contributed by atoms with Crippen molar-refractivity contribution in [2.24, 2.45) is 0 Å². The summed E-state index contributed by atoms with van der Waals surface area (Å²) < 4.78 is 0. The van der Waals surface area contributed by atoms with Crippen molar-refractivity contribution in [1.82, 2.24) is 0 Å². The highest BCUT2D eigenvalue weighted by atomic mass is 15.2. The molecule has 11 rings (SSSR count). The number of para-hydroxylation sites is 5. The Bertz CT molecular complexity index is 3290. The summed E-state index contributed by atoms with van der Waals surface area (Å²) in [5.41, 5.74) is 19.3. The number of rotatable bonds is 13. The molecular weight excluding hydrogens is 835 g/mol. The molecule has 0 amide bonds. The van der Waals surface area contributed by atoms with Crippen LogP contribution in [0.25, 0.3) is 44.5 Å². The molecule has 0 bridgehead atoms. The largest absolute Gasteiger partial charge is 0.311 e. The Morgan fingerprint density at radius 1 is 0.130 bits per heavy atom. The van der Waals surface area contributed by atoms with Crippen molar-refractivity contribution in [3.05, 3.63) is 297 Å². The number of anilines is 9. The van der Waals surface area contributed by atoms with Gasteiger partial charge in [-0.3, -0.25) is 0 Å². The molecule has 328 valence electrons. The van der Waals surface area contributed by atoms with Crippen LogP contribution in [0, 0.1) is 0 Å². The van der Waals surface area contributed by atoms with Crippen LogP contribution in [0.2, 0.25) is 0 Å². The zero-order chi connectivity index (χ0) is 46.2. The second kappa shape index (κ2) is 19.7. The quantitative estimate of drug-likeness (QED) is 0.114. The van der Waals surface area contributed by atoms with Crippen LogP contribution < -0.4 is 14.7 Å². The molecule has 0 spiro atoms. The molecule has 69 heavy (non-hydrogen) atoms. The molecule has 0 aromatic heterocycles. The first kappa shape index (κ1) is 42.5. The molecule has 0 radical (unpaired) electrons. The Morgan fingerprint density at radius 2 is 0.290 bits per heavy atom. The smallest absolute Gasteiger partial charge is 0.0462 e. The Kier molecular flexibility index (Phi) is 12.1. The number of hydrogen-bond donors (Lipinski definition) is 0. The Morgan fingerprint density at radius 3 is 0.507 bits per heavy atom. The summed E-state index contributed by atoms with van der Waals surface area (Å²) in [5.74, 6) is 0. The van der Waals surface area contributed by atoms with E-state index < -0.39 is 0 Å². The van der Waals surface area contributed by atoms with Crippen LogP contribution in [0.15, 0.2) is 297 Å². The van der Waals surface area contributed by atoms with E-state index in [0.717, 1.165) is 79.0 Å². The standard InChI is InChI=1S/C66H49N3/c1-7-19-50(20-8-1)55-47-56(53-35-43-64(44-36-53)68(60-25-13-4-14-26-60)61-27-15-5-16-28-61)49-57(48-55)54-37-45-66(46-38-54)69(62-29-17-6-18-30-62)65-41-33-52(34-42-65)51-31-39-63(40-32-51)67(58-21-9-2-10-22-58)59-23-11-3-12-24-59/h1-49H. The summed E-state index contributed by atoms with van der Waals surface area (Å²) in [6, 6.07) is 106. The van der Waals surface area contributed by atoms with Crippen molar-refractivity contribution in [3.8, 4) is 44.5 Å². The highest BCUT2D eigenvalue weighted by molar-refractivity contribution is 5.86. The summed E-state index contributed by atoms with van der Waals surface area (Å²) in [6.45, 7) is 0. The molecule has 3 nitrogen and oxygen atoms in total. The van der Waals surface area contributed by atoms with E-state index >= 15 is 0 Å². The molecule has 0 N–H and O–H groups in total. The molecule has 0 heterocycles. The van der Waals surface area contributed by atoms with Gasteiger partial charge in [-0.1, -0.05) is 170 Å². The van der Waals surface area contributed by atoms with Crippen molar-refractivity contribution >= 4 is 51.2 Å². The molecule has 0 aliphatic rings. The zero-order valence-electron chi connectivity index (χ0n) is 38.1. The highest BCUT2D eigenvalue weighted by Crippen LogP contribution is 2.41. The van der Waals surface area contributed by atoms with Crippen LogP contribution in [0.3, 0.4) is 0 Å². The lowest BCUT2D eigenvalue weighted by Crippen LogP contribution is -2.09. The van der Waals surface area contributed by atoms with Gasteiger partial charge in [0.05, 0.1) is 0 Å². The van der Waals surface area contributed by atoms with Crippen molar-refractivity contribution < 1.29 is 0 Å². The van der Waals surface area contributed by atoms with Crippen molar-refractivity contribution in [2.45, 2.75) is 0 Å². The molecule has 0 unspecified atom stereocenters. The normalized spacial score (nSPS) is 10.9. The lowest BCUT2D eigenvalue weighted by molar-refractivity contribution is 1.28. The van der Waals surface area contributed by atoms with E-state index in [2.05, 4.69) is 312 Å². The SMILES string of the molecule is c1ccc(-c2cc(-c3ccc(N(c4ccccc4)c4ccccc4)cc3)cc(-c3ccc(N(c4ccccc4)c4ccc(-c5ccc(N(c6ccccc6)c6ccccc6)cc5)cc4)cc3)c2)cc1. The molecule has 11 aromatic rings. The van der Waals surface area contributed by atoms with Gasteiger partial charge >= 0.3 is 0 Å². The maximum Gasteiger partial charge on any atom is 0.0462 e. The van der Waals surface area contributed by atoms with Gasteiger partial charge in [-0.15, -0.1) is 0 Å². The van der Waals surface area contributed by atoms with E-state index in [1.807, 2.05) is 0 Å². The van der Waals surface area contributed by atoms with Gasteiger partial charge in [-0.25, -0.2) is 0 Å². The minimum absolute atomic E-state index is 1.08. The number of hydrogen-bond acceptors (Lipinski definition) is 3. The third-order valence-corrected chi connectivity index (χ3v) is 12.6. The van der Waals surface area contributed by atoms with Crippen LogP contribution in [0.1, 0.15) is 0 Å². The predicted octanol–water partition coefficient (Wildman–Crippen LogP) is 18.8. The average Bonchev–Trinajstić information content (AvgIpc) is 3.43. The molecule has 0 saturated carbocycles. The first-order valence-corrected chi connectivity index (χ1v) is 23.5. The maximum atomic E-state index is 2.33. The van der Waals surface area contributed by atoms with E-state index in [1.54, 1.807) is 0 Å². The minimum atomic E-state index is 1.08. The second-order valence-electron chi connectivity index (χ2n) is 17.0. The van der Waals surface area contributed by atoms with Crippen LogP contribution in [-0.4, -0.2) is 0 Å². The third kappa shape index (κ3) is 9.31. The van der Waals surface area contributed by atoms with Crippen LogP contribution in [-0.2, 0) is 0 Å². The molecule has 0 fully saturated rings. The summed E-state index contributed by atoms with van der Waals surface area (Å²) in [6.07, 6.45) is 0. The molecule has 3 heteroatoms. The molecular formula is C66H49N3. The molecule has 0 atom stereocenters. The number of benzene rings is 11. The first-order valence-electron chi connectivity index (χ1n) is 23.5. The zero-order valence-corrected chi connectivity index (χ0v) is 38.1. The fraction of sp³-hybridized carbons (Fsp3) is 0. The van der Waals surface area contributed by atoms with E-state index in [1.165, 1.54) is 16.7 Å². The van der Waals surface area contributed by atoms with Gasteiger partial charge in [0, 0.05) is 51.2 Å². The Labute approximate surface area is 405 Å². The summed E-state index contributed by atoms with van der Waals surface area (Å²) in [5, 5.41) is 0. The van der Waals surface area contributed by atoms with E-state index in [-0.39, 0.29) is 0 Å².